The zero-order valence-electron chi connectivity index (χ0n) is 26.8. The van der Waals surface area contributed by atoms with Crippen molar-refractivity contribution in [3.8, 4) is 0 Å². The second-order valence-corrected chi connectivity index (χ2v) is 12.9. The van der Waals surface area contributed by atoms with E-state index in [4.69, 9.17) is 5.73 Å². The summed E-state index contributed by atoms with van der Waals surface area (Å²) >= 11 is 0. The molecule has 0 unspecified atom stereocenters. The highest BCUT2D eigenvalue weighted by Crippen LogP contribution is 2.46. The van der Waals surface area contributed by atoms with Gasteiger partial charge in [0.1, 0.15) is 0 Å². The fraction of sp³-hybridized carbons (Fsp3) is 0.342. The number of imide groups is 2. The maximum absolute atomic E-state index is 14.3. The summed E-state index contributed by atoms with van der Waals surface area (Å²) in [7, 11) is 0. The SMILES string of the molecule is CCCCCCC(CCCCCC)N1C(=O)c2ccc3c4ccc5c6c(ccc(c7ccc(c2c37)C1=O)c64)C(=O)N(NC(N)=O)C5=O. The first kappa shape index (κ1) is 30.6. The summed E-state index contributed by atoms with van der Waals surface area (Å²) in [5.41, 5.74) is 8.98. The molecule has 0 saturated heterocycles. The highest BCUT2D eigenvalue weighted by Gasteiger charge is 2.39. The van der Waals surface area contributed by atoms with Crippen molar-refractivity contribution in [3.05, 3.63) is 70.8 Å². The Morgan fingerprint density at radius 1 is 0.574 bits per heavy atom. The molecule has 9 nitrogen and oxygen atoms in total. The van der Waals surface area contributed by atoms with E-state index in [0.29, 0.717) is 26.9 Å². The van der Waals surface area contributed by atoms with E-state index in [-0.39, 0.29) is 29.0 Å². The van der Waals surface area contributed by atoms with Gasteiger partial charge in [-0.25, -0.2) is 10.2 Å². The van der Waals surface area contributed by atoms with E-state index in [2.05, 4.69) is 19.3 Å². The minimum Gasteiger partial charge on any atom is -0.350 e. The lowest BCUT2D eigenvalue weighted by Gasteiger charge is -2.35. The summed E-state index contributed by atoms with van der Waals surface area (Å²) < 4.78 is 0. The van der Waals surface area contributed by atoms with Gasteiger partial charge in [-0.2, -0.15) is 5.01 Å². The van der Waals surface area contributed by atoms with Gasteiger partial charge in [-0.05, 0) is 69.4 Å². The molecule has 0 aliphatic carbocycles. The number of benzene rings is 5. The van der Waals surface area contributed by atoms with Crippen molar-refractivity contribution < 1.29 is 24.0 Å². The van der Waals surface area contributed by atoms with E-state index in [0.717, 1.165) is 96.5 Å². The molecule has 0 fully saturated rings. The molecule has 0 bridgehead atoms. The number of amides is 6. The highest BCUT2D eigenvalue weighted by atomic mass is 16.2. The van der Waals surface area contributed by atoms with Gasteiger partial charge in [-0.15, -0.1) is 0 Å². The Morgan fingerprint density at radius 3 is 1.32 bits per heavy atom. The van der Waals surface area contributed by atoms with Crippen molar-refractivity contribution in [1.29, 1.82) is 0 Å². The molecule has 240 valence electrons. The van der Waals surface area contributed by atoms with Gasteiger partial charge in [0.25, 0.3) is 23.6 Å². The van der Waals surface area contributed by atoms with Gasteiger partial charge >= 0.3 is 6.03 Å². The number of carbonyl (C=O) groups excluding carboxylic acids is 5. The lowest BCUT2D eigenvalue weighted by molar-refractivity contribution is 0.0511. The van der Waals surface area contributed by atoms with Crippen molar-refractivity contribution in [2.75, 3.05) is 0 Å². The van der Waals surface area contributed by atoms with Crippen LogP contribution in [0.3, 0.4) is 0 Å². The van der Waals surface area contributed by atoms with Crippen LogP contribution in [0.25, 0.3) is 43.1 Å². The van der Waals surface area contributed by atoms with Crippen molar-refractivity contribution in [3.63, 3.8) is 0 Å². The number of carbonyl (C=O) groups is 5. The van der Waals surface area contributed by atoms with Gasteiger partial charge in [0.05, 0.1) is 11.1 Å². The second-order valence-electron chi connectivity index (χ2n) is 12.9. The standard InChI is InChI=1S/C38H38N4O5/c1-3-5-7-9-11-21(12-10-8-6-4-2)41-34(43)26-17-13-22-24-15-19-28-33-29(37(46)42(36(28)45)40-38(39)47)20-16-25(31(24)33)23-14-18-27(35(41)44)32(26)30(22)23/h13-21H,3-12H2,1-2H3,(H3,39,40,47). The highest BCUT2D eigenvalue weighted by molar-refractivity contribution is 6.41. The third kappa shape index (κ3) is 4.70. The number of nitrogens with zero attached hydrogens (tertiary/aromatic N) is 2. The van der Waals surface area contributed by atoms with Crippen molar-refractivity contribution >= 4 is 72.7 Å². The number of urea groups is 1. The van der Waals surface area contributed by atoms with Crippen molar-refractivity contribution in [1.82, 2.24) is 15.3 Å². The predicted octanol–water partition coefficient (Wildman–Crippen LogP) is 7.82. The normalized spacial score (nSPS) is 14.6. The largest absolute Gasteiger partial charge is 0.350 e. The summed E-state index contributed by atoms with van der Waals surface area (Å²) in [6.07, 6.45) is 10.3. The number of nitrogens with one attached hydrogen (secondary N) is 1. The Balaban J connectivity index is 1.38. The smallest absolute Gasteiger partial charge is 0.331 e. The molecule has 0 aromatic heterocycles. The Labute approximate surface area is 272 Å². The van der Waals surface area contributed by atoms with Gasteiger partial charge in [-0.3, -0.25) is 24.1 Å². The van der Waals surface area contributed by atoms with Crippen LogP contribution in [0.5, 0.6) is 0 Å². The first-order valence-electron chi connectivity index (χ1n) is 16.8. The van der Waals surface area contributed by atoms with E-state index in [1.54, 1.807) is 17.0 Å². The van der Waals surface area contributed by atoms with Crippen LogP contribution >= 0.6 is 0 Å². The van der Waals surface area contributed by atoms with E-state index in [1.165, 1.54) is 0 Å². The van der Waals surface area contributed by atoms with E-state index in [9.17, 15) is 24.0 Å². The van der Waals surface area contributed by atoms with Crippen LogP contribution in [-0.4, -0.2) is 45.6 Å². The Morgan fingerprint density at radius 2 is 0.957 bits per heavy atom. The Bertz CT molecular complexity index is 2000. The van der Waals surface area contributed by atoms with E-state index >= 15 is 0 Å². The minimum absolute atomic E-state index is 0.144. The molecule has 2 aliphatic heterocycles. The monoisotopic (exact) mass is 630 g/mol. The summed E-state index contributed by atoms with van der Waals surface area (Å²) in [6.45, 7) is 4.36. The average Bonchev–Trinajstić information content (AvgIpc) is 3.07. The van der Waals surface area contributed by atoms with E-state index in [1.807, 2.05) is 36.4 Å². The molecule has 2 aliphatic rings. The topological polar surface area (TPSA) is 130 Å². The average molecular weight is 631 g/mol. The zero-order valence-corrected chi connectivity index (χ0v) is 26.8. The maximum atomic E-state index is 14.3. The molecular weight excluding hydrogens is 592 g/mol. The quantitative estimate of drug-likeness (QED) is 0.0628. The number of rotatable bonds is 12. The molecule has 5 aromatic rings. The number of primary amides is 1. The fourth-order valence-electron chi connectivity index (χ4n) is 7.85. The molecule has 47 heavy (non-hydrogen) atoms. The molecular formula is C38H38N4O5. The van der Waals surface area contributed by atoms with E-state index < -0.39 is 17.8 Å². The van der Waals surface area contributed by atoms with Crippen LogP contribution in [0.4, 0.5) is 4.79 Å². The Hall–Kier alpha value is -5.05. The molecule has 3 N–H and O–H groups in total. The number of hydrogen-bond acceptors (Lipinski definition) is 5. The number of nitrogens with two attached hydrogens (primary N) is 1. The fourth-order valence-corrected chi connectivity index (χ4v) is 7.85. The summed E-state index contributed by atoms with van der Waals surface area (Å²) in [5.74, 6) is -1.82. The number of fused-ring (bicyclic) bond motifs is 2. The van der Waals surface area contributed by atoms with Crippen molar-refractivity contribution in [2.45, 2.75) is 84.1 Å². The molecule has 6 amide bonds. The molecule has 0 spiro atoms. The molecule has 2 heterocycles. The summed E-state index contributed by atoms with van der Waals surface area (Å²) in [6, 6.07) is 13.3. The first-order chi connectivity index (χ1) is 22.8. The summed E-state index contributed by atoms with van der Waals surface area (Å²) in [4.78, 5) is 68.4. The third-order valence-electron chi connectivity index (χ3n) is 10.0. The van der Waals surface area contributed by atoms with Crippen LogP contribution in [-0.2, 0) is 0 Å². The second kappa shape index (κ2) is 12.0. The summed E-state index contributed by atoms with van der Waals surface area (Å²) in [5, 5.41) is 6.65. The Kier molecular flexibility index (Phi) is 7.78. The van der Waals surface area contributed by atoms with Crippen molar-refractivity contribution in [2.24, 2.45) is 5.73 Å². The predicted molar refractivity (Wildman–Crippen MR) is 183 cm³/mol. The molecule has 0 radical (unpaired) electrons. The van der Waals surface area contributed by atoms with Gasteiger partial charge in [0.2, 0.25) is 0 Å². The van der Waals surface area contributed by atoms with Gasteiger partial charge in [0, 0.05) is 27.9 Å². The van der Waals surface area contributed by atoms with Crippen LogP contribution in [0, 0.1) is 0 Å². The lowest BCUT2D eigenvalue weighted by Crippen LogP contribution is -2.53. The minimum atomic E-state index is -1.02. The van der Waals surface area contributed by atoms with Gasteiger partial charge < -0.3 is 5.73 Å². The van der Waals surface area contributed by atoms with Gasteiger partial charge in [-0.1, -0.05) is 89.5 Å². The number of unbranched alkanes of at least 4 members (excludes halogenated alkanes) is 6. The first-order valence-corrected chi connectivity index (χ1v) is 16.8. The van der Waals surface area contributed by atoms with Crippen LogP contribution < -0.4 is 11.2 Å². The van der Waals surface area contributed by atoms with Gasteiger partial charge in [0.15, 0.2) is 0 Å². The molecule has 9 heteroatoms. The molecule has 0 saturated carbocycles. The third-order valence-corrected chi connectivity index (χ3v) is 10.0. The molecule has 5 aromatic carbocycles. The van der Waals surface area contributed by atoms with Crippen LogP contribution in [0.15, 0.2) is 48.5 Å². The number of hydrogen-bond donors (Lipinski definition) is 2. The molecule has 7 rings (SSSR count). The van der Waals surface area contributed by atoms with Crippen LogP contribution in [0.1, 0.15) is 119 Å². The van der Waals surface area contributed by atoms with Crippen LogP contribution in [0.2, 0.25) is 0 Å². The lowest BCUT2D eigenvalue weighted by atomic mass is 9.82. The molecule has 0 atom stereocenters. The number of hydrazine groups is 1. The zero-order chi connectivity index (χ0) is 33.0. The maximum Gasteiger partial charge on any atom is 0.331 e.